The van der Waals surface area contributed by atoms with Crippen LogP contribution in [0.1, 0.15) is 34.5 Å². The number of hydrazone groups is 1. The van der Waals surface area contributed by atoms with E-state index in [9.17, 15) is 4.79 Å². The van der Waals surface area contributed by atoms with E-state index in [2.05, 4.69) is 76.9 Å². The first kappa shape index (κ1) is 22.4. The molecule has 0 spiro atoms. The maximum Gasteiger partial charge on any atom is 0.240 e. The van der Waals surface area contributed by atoms with Gasteiger partial charge in [0.1, 0.15) is 0 Å². The summed E-state index contributed by atoms with van der Waals surface area (Å²) in [7, 11) is 0. The van der Waals surface area contributed by atoms with Crippen molar-refractivity contribution in [3.05, 3.63) is 81.1 Å². The number of hydrogen-bond donors (Lipinski definition) is 1. The number of aromatic nitrogens is 1. The fourth-order valence-electron chi connectivity index (χ4n) is 3.44. The van der Waals surface area contributed by atoms with Crippen LogP contribution in [-0.2, 0) is 4.79 Å². The largest absolute Gasteiger partial charge is 0.317 e. The van der Waals surface area contributed by atoms with Gasteiger partial charge in [-0.3, -0.25) is 4.79 Å². The van der Waals surface area contributed by atoms with Crippen LogP contribution in [0.15, 0.2) is 63.0 Å². The lowest BCUT2D eigenvalue weighted by Crippen LogP contribution is -2.17. The standard InChI is InChI=1S/C24H26BrN3OS/c1-16-12-17(2)14-20(13-16)28-18(3)22(24(25)19(28)4)15-26-27-23(29)10-11-30-21-8-6-5-7-9-21/h5-9,12-15H,10-11H2,1-4H3,(H,27,29)/b26-15-. The Bertz CT molecular complexity index is 1050. The van der Waals surface area contributed by atoms with E-state index in [1.807, 2.05) is 30.3 Å². The van der Waals surface area contributed by atoms with Gasteiger partial charge in [-0.1, -0.05) is 24.3 Å². The zero-order chi connectivity index (χ0) is 21.7. The Hall–Kier alpha value is -2.31. The zero-order valence-electron chi connectivity index (χ0n) is 17.7. The van der Waals surface area contributed by atoms with Crippen molar-refractivity contribution in [2.24, 2.45) is 5.10 Å². The van der Waals surface area contributed by atoms with Gasteiger partial charge in [-0.25, -0.2) is 5.43 Å². The lowest BCUT2D eigenvalue weighted by molar-refractivity contribution is -0.120. The Morgan fingerprint density at radius 3 is 2.40 bits per heavy atom. The topological polar surface area (TPSA) is 46.4 Å². The lowest BCUT2D eigenvalue weighted by Gasteiger charge is -2.11. The average molecular weight is 484 g/mol. The summed E-state index contributed by atoms with van der Waals surface area (Å²) in [4.78, 5) is 13.3. The van der Waals surface area contributed by atoms with Crippen LogP contribution in [0, 0.1) is 27.7 Å². The molecule has 0 aliphatic heterocycles. The summed E-state index contributed by atoms with van der Waals surface area (Å²) in [6.07, 6.45) is 2.13. The highest BCUT2D eigenvalue weighted by atomic mass is 79.9. The van der Waals surface area contributed by atoms with Crippen molar-refractivity contribution in [2.45, 2.75) is 39.0 Å². The van der Waals surface area contributed by atoms with E-state index >= 15 is 0 Å². The number of thioether (sulfide) groups is 1. The van der Waals surface area contributed by atoms with Crippen molar-refractivity contribution in [1.82, 2.24) is 9.99 Å². The summed E-state index contributed by atoms with van der Waals surface area (Å²) < 4.78 is 3.20. The first-order valence-electron chi connectivity index (χ1n) is 9.82. The van der Waals surface area contributed by atoms with Gasteiger partial charge in [-0.15, -0.1) is 11.8 Å². The normalized spacial score (nSPS) is 11.2. The van der Waals surface area contributed by atoms with Crippen LogP contribution in [0.2, 0.25) is 0 Å². The van der Waals surface area contributed by atoms with Gasteiger partial charge in [0, 0.05) is 44.2 Å². The van der Waals surface area contributed by atoms with E-state index in [4.69, 9.17) is 0 Å². The molecule has 0 saturated heterocycles. The van der Waals surface area contributed by atoms with Gasteiger partial charge < -0.3 is 4.57 Å². The molecule has 2 aromatic carbocycles. The maximum atomic E-state index is 12.1. The third kappa shape index (κ3) is 5.43. The molecular formula is C24H26BrN3OS. The molecule has 0 unspecified atom stereocenters. The van der Waals surface area contributed by atoms with E-state index in [0.29, 0.717) is 6.42 Å². The van der Waals surface area contributed by atoms with E-state index in [1.54, 1.807) is 18.0 Å². The summed E-state index contributed by atoms with van der Waals surface area (Å²) >= 11 is 5.36. The number of carbonyl (C=O) groups is 1. The van der Waals surface area contributed by atoms with E-state index in [1.165, 1.54) is 11.1 Å². The molecule has 0 aliphatic rings. The molecule has 0 aliphatic carbocycles. The quantitative estimate of drug-likeness (QED) is 0.250. The first-order valence-corrected chi connectivity index (χ1v) is 11.6. The molecule has 1 heterocycles. The first-order chi connectivity index (χ1) is 14.4. The number of nitrogens with zero attached hydrogens (tertiary/aromatic N) is 2. The summed E-state index contributed by atoms with van der Waals surface area (Å²) in [6.45, 7) is 8.35. The number of hydrogen-bond acceptors (Lipinski definition) is 3. The molecule has 0 bridgehead atoms. The van der Waals surface area contributed by atoms with Crippen molar-refractivity contribution in [3.63, 3.8) is 0 Å². The average Bonchev–Trinajstić information content (AvgIpc) is 2.91. The maximum absolute atomic E-state index is 12.1. The molecule has 0 atom stereocenters. The summed E-state index contributed by atoms with van der Waals surface area (Å²) in [5.41, 5.74) is 9.36. The summed E-state index contributed by atoms with van der Waals surface area (Å²) in [6, 6.07) is 16.6. The highest BCUT2D eigenvalue weighted by Crippen LogP contribution is 2.30. The Morgan fingerprint density at radius 1 is 1.07 bits per heavy atom. The van der Waals surface area contributed by atoms with Crippen LogP contribution < -0.4 is 5.43 Å². The van der Waals surface area contributed by atoms with Gasteiger partial charge in [0.05, 0.1) is 6.21 Å². The molecule has 0 radical (unpaired) electrons. The minimum Gasteiger partial charge on any atom is -0.317 e. The van der Waals surface area contributed by atoms with Crippen molar-refractivity contribution >= 4 is 39.8 Å². The Balaban J connectivity index is 1.66. The molecule has 156 valence electrons. The second-order valence-electron chi connectivity index (χ2n) is 7.28. The van der Waals surface area contributed by atoms with Crippen LogP contribution >= 0.6 is 27.7 Å². The fraction of sp³-hybridized carbons (Fsp3) is 0.250. The smallest absolute Gasteiger partial charge is 0.240 e. The van der Waals surface area contributed by atoms with Crippen LogP contribution in [0.4, 0.5) is 0 Å². The van der Waals surface area contributed by atoms with E-state index in [0.717, 1.165) is 37.8 Å². The van der Waals surface area contributed by atoms with Crippen LogP contribution in [-0.4, -0.2) is 22.4 Å². The van der Waals surface area contributed by atoms with Crippen LogP contribution in [0.25, 0.3) is 5.69 Å². The number of carbonyl (C=O) groups excluding carboxylic acids is 1. The fourth-order valence-corrected chi connectivity index (χ4v) is 4.88. The molecule has 1 aromatic heterocycles. The monoisotopic (exact) mass is 483 g/mol. The molecule has 6 heteroatoms. The molecule has 1 amide bonds. The Labute approximate surface area is 190 Å². The van der Waals surface area contributed by atoms with Gasteiger partial charge >= 0.3 is 0 Å². The highest BCUT2D eigenvalue weighted by molar-refractivity contribution is 9.10. The molecule has 3 aromatic rings. The lowest BCUT2D eigenvalue weighted by atomic mass is 10.1. The van der Waals surface area contributed by atoms with E-state index < -0.39 is 0 Å². The minimum atomic E-state index is -0.0890. The third-order valence-corrected chi connectivity index (χ3v) is 6.82. The van der Waals surface area contributed by atoms with Gasteiger partial charge in [0.2, 0.25) is 5.91 Å². The van der Waals surface area contributed by atoms with Crippen LogP contribution in [0.5, 0.6) is 0 Å². The third-order valence-electron chi connectivity index (χ3n) is 4.80. The second kappa shape index (κ2) is 10.1. The minimum absolute atomic E-state index is 0.0890. The number of nitrogens with one attached hydrogen (secondary N) is 1. The molecule has 0 saturated carbocycles. The summed E-state index contributed by atoms with van der Waals surface area (Å²) in [5, 5.41) is 4.19. The number of rotatable bonds is 7. The SMILES string of the molecule is Cc1cc(C)cc(-n2c(C)c(Br)c(/C=N\NC(=O)CCSc3ccccc3)c2C)c1. The van der Waals surface area contributed by atoms with Crippen molar-refractivity contribution < 1.29 is 4.79 Å². The highest BCUT2D eigenvalue weighted by Gasteiger charge is 2.16. The number of amides is 1. The molecule has 0 fully saturated rings. The molecule has 1 N–H and O–H groups in total. The Morgan fingerprint density at radius 2 is 1.73 bits per heavy atom. The van der Waals surface area contributed by atoms with Crippen LogP contribution in [0.3, 0.4) is 0 Å². The van der Waals surface area contributed by atoms with Gasteiger partial charge in [0.15, 0.2) is 0 Å². The van der Waals surface area contributed by atoms with Crippen molar-refractivity contribution in [1.29, 1.82) is 0 Å². The zero-order valence-corrected chi connectivity index (χ0v) is 20.1. The Kier molecular flexibility index (Phi) is 7.56. The second-order valence-corrected chi connectivity index (χ2v) is 9.25. The molecular weight excluding hydrogens is 458 g/mol. The number of aryl methyl sites for hydroxylation is 2. The van der Waals surface area contributed by atoms with Crippen molar-refractivity contribution in [3.8, 4) is 5.69 Å². The molecule has 3 rings (SSSR count). The van der Waals surface area contributed by atoms with Gasteiger partial charge in [-0.05, 0) is 79.0 Å². The van der Waals surface area contributed by atoms with Crippen molar-refractivity contribution in [2.75, 3.05) is 5.75 Å². The van der Waals surface area contributed by atoms with Gasteiger partial charge in [0.25, 0.3) is 0 Å². The molecule has 4 nitrogen and oxygen atoms in total. The number of benzene rings is 2. The van der Waals surface area contributed by atoms with E-state index in [-0.39, 0.29) is 5.91 Å². The number of halogens is 1. The predicted molar refractivity (Wildman–Crippen MR) is 130 cm³/mol. The molecule has 30 heavy (non-hydrogen) atoms. The predicted octanol–water partition coefficient (Wildman–Crippen LogP) is 6.11. The van der Waals surface area contributed by atoms with Gasteiger partial charge in [-0.2, -0.15) is 5.10 Å². The summed E-state index contributed by atoms with van der Waals surface area (Å²) in [5.74, 6) is 0.630.